The summed E-state index contributed by atoms with van der Waals surface area (Å²) >= 11 is 0. The molecule has 0 amide bonds. The summed E-state index contributed by atoms with van der Waals surface area (Å²) in [6, 6.07) is 3.44. The molecule has 20 heavy (non-hydrogen) atoms. The molecule has 0 bridgehead atoms. The second kappa shape index (κ2) is 5.11. The molecule has 2 rings (SSSR count). The average molecular weight is 276 g/mol. The van der Waals surface area contributed by atoms with Gasteiger partial charge in [0, 0.05) is 11.8 Å². The lowest BCUT2D eigenvalue weighted by Gasteiger charge is -2.32. The van der Waals surface area contributed by atoms with Gasteiger partial charge in [0.2, 0.25) is 5.88 Å². The summed E-state index contributed by atoms with van der Waals surface area (Å²) in [5, 5.41) is 0. The molecule has 1 fully saturated rings. The molecule has 0 atom stereocenters. The summed E-state index contributed by atoms with van der Waals surface area (Å²) in [5.41, 5.74) is 6.41. The third kappa shape index (κ3) is 2.97. The first-order valence-corrected chi connectivity index (χ1v) is 6.59. The standard InChI is InChI=1S/C14H21BN2O3/c1-13(2)14(3,4)20-15(19-13)7-6-11-8-10(16)9-12(17-11)18-5/h6-9H,1-5H3,(H2,16,17)/b7-6+. The zero-order valence-electron chi connectivity index (χ0n) is 12.6. The van der Waals surface area contributed by atoms with Gasteiger partial charge in [-0.1, -0.05) is 5.98 Å². The molecular weight excluding hydrogens is 255 g/mol. The maximum atomic E-state index is 5.87. The van der Waals surface area contributed by atoms with E-state index < -0.39 is 7.12 Å². The van der Waals surface area contributed by atoms with Crippen LogP contribution in [0.25, 0.3) is 6.08 Å². The minimum absolute atomic E-state index is 0.344. The summed E-state index contributed by atoms with van der Waals surface area (Å²) in [7, 11) is 1.16. The van der Waals surface area contributed by atoms with E-state index in [-0.39, 0.29) is 11.2 Å². The number of pyridine rings is 1. The summed E-state index contributed by atoms with van der Waals surface area (Å²) < 4.78 is 16.8. The van der Waals surface area contributed by atoms with E-state index in [1.54, 1.807) is 19.2 Å². The lowest BCUT2D eigenvalue weighted by molar-refractivity contribution is 0.00578. The Labute approximate surface area is 120 Å². The highest BCUT2D eigenvalue weighted by atomic mass is 16.7. The number of ether oxygens (including phenoxy) is 1. The molecule has 0 spiro atoms. The largest absolute Gasteiger partial charge is 0.487 e. The summed E-state index contributed by atoms with van der Waals surface area (Å²) in [6.45, 7) is 8.07. The Morgan fingerprint density at radius 2 is 1.80 bits per heavy atom. The predicted molar refractivity (Wildman–Crippen MR) is 80.3 cm³/mol. The van der Waals surface area contributed by atoms with Crippen molar-refractivity contribution in [3.8, 4) is 5.88 Å². The zero-order valence-corrected chi connectivity index (χ0v) is 12.6. The fourth-order valence-electron chi connectivity index (χ4n) is 1.88. The van der Waals surface area contributed by atoms with Crippen LogP contribution in [-0.2, 0) is 9.31 Å². The van der Waals surface area contributed by atoms with Crippen LogP contribution in [-0.4, -0.2) is 30.4 Å². The van der Waals surface area contributed by atoms with Gasteiger partial charge in [0.1, 0.15) is 0 Å². The number of anilines is 1. The van der Waals surface area contributed by atoms with Crippen LogP contribution in [0, 0.1) is 0 Å². The highest BCUT2D eigenvalue weighted by Crippen LogP contribution is 2.37. The topological polar surface area (TPSA) is 66.6 Å². The van der Waals surface area contributed by atoms with Crippen molar-refractivity contribution in [3.05, 3.63) is 23.8 Å². The minimum Gasteiger partial charge on any atom is -0.481 e. The first-order chi connectivity index (χ1) is 9.23. The number of nitrogen functional groups attached to an aromatic ring is 1. The Hall–Kier alpha value is -1.53. The molecule has 0 unspecified atom stereocenters. The molecule has 1 aromatic rings. The smallest absolute Gasteiger partial charge is 0.481 e. The van der Waals surface area contributed by atoms with Gasteiger partial charge in [0.25, 0.3) is 0 Å². The van der Waals surface area contributed by atoms with Crippen molar-refractivity contribution in [3.63, 3.8) is 0 Å². The second-order valence-electron chi connectivity index (χ2n) is 5.85. The van der Waals surface area contributed by atoms with Crippen LogP contribution in [0.4, 0.5) is 5.69 Å². The maximum Gasteiger partial charge on any atom is 0.487 e. The molecule has 1 aromatic heterocycles. The molecule has 2 N–H and O–H groups in total. The third-order valence-electron chi connectivity index (χ3n) is 3.75. The van der Waals surface area contributed by atoms with Crippen LogP contribution in [0.5, 0.6) is 5.88 Å². The van der Waals surface area contributed by atoms with Gasteiger partial charge in [-0.15, -0.1) is 0 Å². The van der Waals surface area contributed by atoms with Crippen molar-refractivity contribution >= 4 is 18.9 Å². The van der Waals surface area contributed by atoms with E-state index in [0.717, 1.165) is 0 Å². The van der Waals surface area contributed by atoms with Gasteiger partial charge in [-0.3, -0.25) is 0 Å². The van der Waals surface area contributed by atoms with Crippen molar-refractivity contribution < 1.29 is 14.0 Å². The van der Waals surface area contributed by atoms with Crippen molar-refractivity contribution in [1.29, 1.82) is 0 Å². The highest BCUT2D eigenvalue weighted by molar-refractivity contribution is 6.52. The lowest BCUT2D eigenvalue weighted by atomic mass is 9.89. The molecule has 0 saturated carbocycles. The number of hydrogen-bond acceptors (Lipinski definition) is 5. The van der Waals surface area contributed by atoms with Crippen LogP contribution in [0.1, 0.15) is 33.4 Å². The number of nitrogens with zero attached hydrogens (tertiary/aromatic N) is 1. The number of rotatable bonds is 3. The predicted octanol–water partition coefficient (Wildman–Crippen LogP) is 2.32. The SMILES string of the molecule is COc1cc(N)cc(/C=C/B2OC(C)(C)C(C)(C)O2)n1. The molecular formula is C14H21BN2O3. The van der Waals surface area contributed by atoms with Crippen molar-refractivity contribution in [2.45, 2.75) is 38.9 Å². The van der Waals surface area contributed by atoms with Crippen LogP contribution in [0.3, 0.4) is 0 Å². The van der Waals surface area contributed by atoms with Gasteiger partial charge in [0.05, 0.1) is 24.0 Å². The van der Waals surface area contributed by atoms with Crippen molar-refractivity contribution in [2.24, 2.45) is 0 Å². The monoisotopic (exact) mass is 276 g/mol. The molecule has 1 aliphatic heterocycles. The normalized spacial score (nSPS) is 20.6. The van der Waals surface area contributed by atoms with E-state index in [4.69, 9.17) is 19.8 Å². The van der Waals surface area contributed by atoms with Gasteiger partial charge >= 0.3 is 7.12 Å². The molecule has 0 aliphatic carbocycles. The molecule has 1 saturated heterocycles. The van der Waals surface area contributed by atoms with E-state index >= 15 is 0 Å². The Morgan fingerprint density at radius 3 is 2.35 bits per heavy atom. The lowest BCUT2D eigenvalue weighted by Crippen LogP contribution is -2.41. The quantitative estimate of drug-likeness (QED) is 0.858. The molecule has 0 radical (unpaired) electrons. The first kappa shape index (κ1) is 14.9. The van der Waals surface area contributed by atoms with E-state index in [1.165, 1.54) is 0 Å². The van der Waals surface area contributed by atoms with E-state index in [9.17, 15) is 0 Å². The highest BCUT2D eigenvalue weighted by Gasteiger charge is 2.49. The summed E-state index contributed by atoms with van der Waals surface area (Å²) in [5.74, 6) is 2.32. The van der Waals surface area contributed by atoms with Gasteiger partial charge in [-0.25, -0.2) is 4.98 Å². The Bertz CT molecular complexity index is 513. The fraction of sp³-hybridized carbons (Fsp3) is 0.500. The second-order valence-corrected chi connectivity index (χ2v) is 5.85. The zero-order chi connectivity index (χ0) is 15.0. The Kier molecular flexibility index (Phi) is 3.80. The van der Waals surface area contributed by atoms with Gasteiger partial charge in [-0.05, 0) is 39.8 Å². The third-order valence-corrected chi connectivity index (χ3v) is 3.75. The molecule has 5 nitrogen and oxygen atoms in total. The number of aromatic nitrogens is 1. The van der Waals surface area contributed by atoms with Crippen molar-refractivity contribution in [1.82, 2.24) is 4.98 Å². The van der Waals surface area contributed by atoms with Crippen LogP contribution in [0.15, 0.2) is 18.1 Å². The molecule has 6 heteroatoms. The average Bonchev–Trinajstić information content (AvgIpc) is 2.54. The summed E-state index contributed by atoms with van der Waals surface area (Å²) in [6.07, 6.45) is 1.82. The number of methoxy groups -OCH3 is 1. The molecule has 2 heterocycles. The fourth-order valence-corrected chi connectivity index (χ4v) is 1.88. The van der Waals surface area contributed by atoms with Gasteiger partial charge in [0.15, 0.2) is 0 Å². The van der Waals surface area contributed by atoms with Crippen LogP contribution in [0.2, 0.25) is 0 Å². The summed E-state index contributed by atoms with van der Waals surface area (Å²) in [4.78, 5) is 4.29. The molecule has 108 valence electrons. The number of nitrogens with two attached hydrogens (primary N) is 1. The molecule has 0 aromatic carbocycles. The van der Waals surface area contributed by atoms with Gasteiger partial charge < -0.3 is 19.8 Å². The van der Waals surface area contributed by atoms with E-state index in [1.807, 2.05) is 39.7 Å². The number of hydrogen-bond donors (Lipinski definition) is 1. The van der Waals surface area contributed by atoms with Crippen LogP contribution < -0.4 is 10.5 Å². The van der Waals surface area contributed by atoms with E-state index in [2.05, 4.69) is 4.98 Å². The molecule has 1 aliphatic rings. The maximum absolute atomic E-state index is 5.87. The Balaban J connectivity index is 2.13. The minimum atomic E-state index is -0.394. The van der Waals surface area contributed by atoms with Gasteiger partial charge in [-0.2, -0.15) is 0 Å². The van der Waals surface area contributed by atoms with Crippen molar-refractivity contribution in [2.75, 3.05) is 12.8 Å². The Morgan fingerprint density at radius 1 is 1.20 bits per heavy atom. The van der Waals surface area contributed by atoms with E-state index in [0.29, 0.717) is 17.3 Å². The first-order valence-electron chi connectivity index (χ1n) is 6.59. The van der Waals surface area contributed by atoms with Crippen LogP contribution >= 0.6 is 0 Å².